The zero-order valence-electron chi connectivity index (χ0n) is 12.0. The van der Waals surface area contributed by atoms with Crippen molar-refractivity contribution in [3.8, 4) is 11.5 Å². The fraction of sp³-hybridized carbons (Fsp3) is 0.267. The first-order valence-electron chi connectivity index (χ1n) is 6.75. The SMILES string of the molecule is O[C@H]1c2c(ccc(Oc3cncc(F)c3)c2C(F)F)C(F)(F)C1(F)F. The molecule has 134 valence electrons. The standard InChI is InChI=1S/C15H8F7NO2/c16-6-3-7(5-23-4-6)25-9-2-1-8-10(11(9)13(17)18)12(24)15(21,22)14(8,19)20/h1-5,12-13,24H/t12-/m0/s1. The topological polar surface area (TPSA) is 42.4 Å². The second-order valence-corrected chi connectivity index (χ2v) is 5.28. The van der Waals surface area contributed by atoms with Crippen molar-refractivity contribution in [1.29, 1.82) is 0 Å². The highest BCUT2D eigenvalue weighted by Gasteiger charge is 2.69. The molecule has 1 aliphatic carbocycles. The number of hydrogen-bond donors (Lipinski definition) is 1. The number of aliphatic hydroxyl groups excluding tert-OH is 1. The molecular weight excluding hydrogens is 359 g/mol. The van der Waals surface area contributed by atoms with Crippen molar-refractivity contribution in [3.63, 3.8) is 0 Å². The summed E-state index contributed by atoms with van der Waals surface area (Å²) >= 11 is 0. The van der Waals surface area contributed by atoms with Crippen LogP contribution in [0, 0.1) is 5.82 Å². The lowest BCUT2D eigenvalue weighted by molar-refractivity contribution is -0.246. The summed E-state index contributed by atoms with van der Waals surface area (Å²) in [7, 11) is 0. The van der Waals surface area contributed by atoms with E-state index < -0.39 is 52.6 Å². The van der Waals surface area contributed by atoms with Crippen molar-refractivity contribution in [2.45, 2.75) is 24.4 Å². The lowest BCUT2D eigenvalue weighted by Gasteiger charge is -2.21. The minimum atomic E-state index is -4.96. The molecule has 0 radical (unpaired) electrons. The lowest BCUT2D eigenvalue weighted by Crippen LogP contribution is -2.36. The van der Waals surface area contributed by atoms with Crippen LogP contribution in [-0.4, -0.2) is 16.0 Å². The predicted octanol–water partition coefficient (Wildman–Crippen LogP) is 4.72. The quantitative estimate of drug-likeness (QED) is 0.798. The van der Waals surface area contributed by atoms with E-state index in [1.54, 1.807) is 0 Å². The number of alkyl halides is 6. The van der Waals surface area contributed by atoms with Gasteiger partial charge in [0, 0.05) is 17.2 Å². The van der Waals surface area contributed by atoms with Gasteiger partial charge < -0.3 is 9.84 Å². The zero-order chi connectivity index (χ0) is 18.6. The number of rotatable bonds is 3. The third kappa shape index (κ3) is 2.51. The minimum Gasteiger partial charge on any atom is -0.455 e. The van der Waals surface area contributed by atoms with E-state index in [9.17, 15) is 35.8 Å². The molecule has 1 aromatic heterocycles. The van der Waals surface area contributed by atoms with Gasteiger partial charge in [0.15, 0.2) is 6.10 Å². The molecule has 0 saturated carbocycles. The first-order valence-corrected chi connectivity index (χ1v) is 6.75. The van der Waals surface area contributed by atoms with E-state index in [-0.39, 0.29) is 5.75 Å². The molecular formula is C15H8F7NO2. The van der Waals surface area contributed by atoms with Gasteiger partial charge in [0.05, 0.1) is 18.0 Å². The maximum Gasteiger partial charge on any atom is 0.343 e. The lowest BCUT2D eigenvalue weighted by atomic mass is 10.0. The molecule has 0 spiro atoms. The third-order valence-electron chi connectivity index (χ3n) is 3.75. The molecule has 3 nitrogen and oxygen atoms in total. The van der Waals surface area contributed by atoms with Gasteiger partial charge in [-0.05, 0) is 12.1 Å². The zero-order valence-corrected chi connectivity index (χ0v) is 12.0. The Kier molecular flexibility index (Phi) is 3.90. The third-order valence-corrected chi connectivity index (χ3v) is 3.75. The highest BCUT2D eigenvalue weighted by Crippen LogP contribution is 2.60. The average Bonchev–Trinajstić information content (AvgIpc) is 2.65. The first-order chi connectivity index (χ1) is 11.6. The molecule has 3 rings (SSSR count). The summed E-state index contributed by atoms with van der Waals surface area (Å²) < 4.78 is 99.6. The number of fused-ring (bicyclic) bond motifs is 1. The Labute approximate surface area is 135 Å². The average molecular weight is 367 g/mol. The maximum absolute atomic E-state index is 13.8. The number of pyridine rings is 1. The summed E-state index contributed by atoms with van der Waals surface area (Å²) in [5.74, 6) is -11.8. The largest absolute Gasteiger partial charge is 0.455 e. The molecule has 0 bridgehead atoms. The fourth-order valence-electron chi connectivity index (χ4n) is 2.61. The van der Waals surface area contributed by atoms with Gasteiger partial charge in [-0.25, -0.2) is 13.2 Å². The van der Waals surface area contributed by atoms with Crippen LogP contribution in [0.4, 0.5) is 30.7 Å². The Morgan fingerprint density at radius 3 is 2.40 bits per heavy atom. The van der Waals surface area contributed by atoms with Crippen LogP contribution in [0.3, 0.4) is 0 Å². The molecule has 1 aromatic carbocycles. The molecule has 1 heterocycles. The van der Waals surface area contributed by atoms with E-state index in [1.807, 2.05) is 0 Å². The monoisotopic (exact) mass is 367 g/mol. The van der Waals surface area contributed by atoms with Gasteiger partial charge in [0.2, 0.25) is 0 Å². The van der Waals surface area contributed by atoms with Gasteiger partial charge in [0.25, 0.3) is 6.43 Å². The van der Waals surface area contributed by atoms with Crippen LogP contribution in [0.2, 0.25) is 0 Å². The fourth-order valence-corrected chi connectivity index (χ4v) is 2.61. The number of hydrogen-bond acceptors (Lipinski definition) is 3. The van der Waals surface area contributed by atoms with Gasteiger partial charge in [-0.15, -0.1) is 0 Å². The summed E-state index contributed by atoms with van der Waals surface area (Å²) in [5, 5.41) is 9.52. The molecule has 10 heteroatoms. The van der Waals surface area contributed by atoms with E-state index in [1.165, 1.54) is 0 Å². The number of aliphatic hydroxyl groups is 1. The number of aromatic nitrogens is 1. The Hall–Kier alpha value is -2.36. The van der Waals surface area contributed by atoms with Crippen LogP contribution in [0.25, 0.3) is 0 Å². The van der Waals surface area contributed by atoms with Gasteiger partial charge in [-0.2, -0.15) is 17.6 Å². The molecule has 0 aliphatic heterocycles. The number of benzene rings is 1. The van der Waals surface area contributed by atoms with Crippen LogP contribution in [0.5, 0.6) is 11.5 Å². The number of ether oxygens (including phenoxy) is 1. The van der Waals surface area contributed by atoms with Crippen LogP contribution in [0.1, 0.15) is 29.2 Å². The molecule has 0 unspecified atom stereocenters. The molecule has 0 saturated heterocycles. The first kappa shape index (κ1) is 17.5. The number of halogens is 7. The molecule has 1 aliphatic rings. The van der Waals surface area contributed by atoms with Gasteiger partial charge in [-0.1, -0.05) is 0 Å². The molecule has 25 heavy (non-hydrogen) atoms. The van der Waals surface area contributed by atoms with E-state index in [0.717, 1.165) is 18.5 Å². The van der Waals surface area contributed by atoms with Gasteiger partial charge in [-0.3, -0.25) is 4.98 Å². The normalized spacial score (nSPS) is 20.6. The maximum atomic E-state index is 13.8. The van der Waals surface area contributed by atoms with Gasteiger partial charge in [0.1, 0.15) is 17.3 Å². The summed E-state index contributed by atoms with van der Waals surface area (Å²) in [5.41, 5.74) is -4.03. The summed E-state index contributed by atoms with van der Waals surface area (Å²) in [6.45, 7) is 0. The van der Waals surface area contributed by atoms with Crippen molar-refractivity contribution in [1.82, 2.24) is 4.98 Å². The van der Waals surface area contributed by atoms with Crippen molar-refractivity contribution >= 4 is 0 Å². The molecule has 1 N–H and O–H groups in total. The van der Waals surface area contributed by atoms with E-state index in [4.69, 9.17) is 4.74 Å². The van der Waals surface area contributed by atoms with Crippen molar-refractivity contribution < 1.29 is 40.6 Å². The van der Waals surface area contributed by atoms with Crippen molar-refractivity contribution in [2.75, 3.05) is 0 Å². The Morgan fingerprint density at radius 2 is 1.80 bits per heavy atom. The Morgan fingerprint density at radius 1 is 1.12 bits per heavy atom. The van der Waals surface area contributed by atoms with Crippen LogP contribution >= 0.6 is 0 Å². The highest BCUT2D eigenvalue weighted by molar-refractivity contribution is 5.54. The second kappa shape index (κ2) is 5.58. The minimum absolute atomic E-state index is 0.354. The molecule has 0 fully saturated rings. The van der Waals surface area contributed by atoms with Crippen molar-refractivity contribution in [3.05, 3.63) is 53.1 Å². The smallest absolute Gasteiger partial charge is 0.343 e. The van der Waals surface area contributed by atoms with Gasteiger partial charge >= 0.3 is 11.8 Å². The highest BCUT2D eigenvalue weighted by atomic mass is 19.3. The molecule has 2 aromatic rings. The summed E-state index contributed by atoms with van der Waals surface area (Å²) in [6, 6.07) is 1.87. The second-order valence-electron chi connectivity index (χ2n) is 5.28. The summed E-state index contributed by atoms with van der Waals surface area (Å²) in [6.07, 6.45) is -4.90. The molecule has 0 amide bonds. The van der Waals surface area contributed by atoms with E-state index >= 15 is 0 Å². The van der Waals surface area contributed by atoms with Crippen LogP contribution < -0.4 is 4.74 Å². The van der Waals surface area contributed by atoms with Crippen LogP contribution in [-0.2, 0) is 5.92 Å². The van der Waals surface area contributed by atoms with Crippen molar-refractivity contribution in [2.24, 2.45) is 0 Å². The number of nitrogens with zero attached hydrogens (tertiary/aromatic N) is 1. The van der Waals surface area contributed by atoms with E-state index in [2.05, 4.69) is 4.98 Å². The molecule has 1 atom stereocenters. The summed E-state index contributed by atoms with van der Waals surface area (Å²) in [4.78, 5) is 3.41. The Bertz CT molecular complexity index is 826. The van der Waals surface area contributed by atoms with Crippen LogP contribution in [0.15, 0.2) is 30.6 Å². The Balaban J connectivity index is 2.17. The predicted molar refractivity (Wildman–Crippen MR) is 69.5 cm³/mol. The van der Waals surface area contributed by atoms with E-state index in [0.29, 0.717) is 12.1 Å².